The molecule has 3 heterocycles. The maximum atomic E-state index is 12.7. The van der Waals surface area contributed by atoms with Crippen molar-refractivity contribution >= 4 is 38.8 Å². The van der Waals surface area contributed by atoms with Gasteiger partial charge in [-0.25, -0.2) is 4.98 Å². The summed E-state index contributed by atoms with van der Waals surface area (Å²) in [4.78, 5) is 31.7. The summed E-state index contributed by atoms with van der Waals surface area (Å²) in [5.41, 5.74) is 0.659. The number of hydrogen-bond donors (Lipinski definition) is 1. The van der Waals surface area contributed by atoms with Crippen LogP contribution >= 0.6 is 22.7 Å². The van der Waals surface area contributed by atoms with Gasteiger partial charge in [-0.2, -0.15) is 0 Å². The molecule has 0 saturated heterocycles. The van der Waals surface area contributed by atoms with E-state index in [1.165, 1.54) is 27.1 Å². The van der Waals surface area contributed by atoms with Gasteiger partial charge in [0.2, 0.25) is 5.91 Å². The highest BCUT2D eigenvalue weighted by atomic mass is 32.1. The summed E-state index contributed by atoms with van der Waals surface area (Å²) in [6, 6.07) is 4.02. The largest absolute Gasteiger partial charge is 0.344 e. The Hall–Kier alpha value is -2.43. The Morgan fingerprint density at radius 2 is 2.30 bits per heavy atom. The second kappa shape index (κ2) is 6.36. The number of carbonyl (C=O) groups is 1. The van der Waals surface area contributed by atoms with Crippen LogP contribution in [0, 0.1) is 19.3 Å². The average Bonchev–Trinajstić information content (AvgIpc) is 3.14. The van der Waals surface area contributed by atoms with Crippen LogP contribution in [0.5, 0.6) is 0 Å². The summed E-state index contributed by atoms with van der Waals surface area (Å²) in [5, 5.41) is 5.04. The lowest BCUT2D eigenvalue weighted by molar-refractivity contribution is -0.121. The lowest BCUT2D eigenvalue weighted by atomic mass is 10.2. The maximum absolute atomic E-state index is 12.7. The summed E-state index contributed by atoms with van der Waals surface area (Å²) < 4.78 is 1.31. The van der Waals surface area contributed by atoms with Crippen molar-refractivity contribution in [1.29, 1.82) is 0 Å². The Morgan fingerprint density at radius 3 is 3.00 bits per heavy atom. The molecule has 3 aromatic heterocycles. The van der Waals surface area contributed by atoms with Gasteiger partial charge in [-0.3, -0.25) is 14.2 Å². The Morgan fingerprint density at radius 1 is 1.48 bits per heavy atom. The van der Waals surface area contributed by atoms with Gasteiger partial charge in [0.25, 0.3) is 5.56 Å². The summed E-state index contributed by atoms with van der Waals surface area (Å²) >= 11 is 3.06. The standard InChI is InChI=1S/C16H13N3O2S2/c1-3-6-17-13(20)7-19-9-18-15-14(16(19)21)11(8-22-15)12-5-4-10(2)23-12/h1,4-5,8-9H,6-7H2,2H3,(H,17,20). The number of amides is 1. The van der Waals surface area contributed by atoms with Crippen LogP contribution < -0.4 is 10.9 Å². The second-order valence-electron chi connectivity index (χ2n) is 4.90. The lowest BCUT2D eigenvalue weighted by Gasteiger charge is -2.05. The van der Waals surface area contributed by atoms with Crippen LogP contribution in [0.2, 0.25) is 0 Å². The molecule has 0 aliphatic rings. The second-order valence-corrected chi connectivity index (χ2v) is 7.04. The van der Waals surface area contributed by atoms with Crippen molar-refractivity contribution in [2.24, 2.45) is 0 Å². The number of nitrogens with one attached hydrogen (secondary N) is 1. The predicted molar refractivity (Wildman–Crippen MR) is 93.8 cm³/mol. The van der Waals surface area contributed by atoms with Crippen LogP contribution in [0.25, 0.3) is 20.7 Å². The third-order valence-corrected chi connectivity index (χ3v) is 5.19. The molecule has 5 nitrogen and oxygen atoms in total. The maximum Gasteiger partial charge on any atom is 0.263 e. The topological polar surface area (TPSA) is 64.0 Å². The Balaban J connectivity index is 2.03. The first kappa shape index (κ1) is 15.5. The van der Waals surface area contributed by atoms with Crippen molar-refractivity contribution in [3.63, 3.8) is 0 Å². The van der Waals surface area contributed by atoms with Crippen molar-refractivity contribution in [1.82, 2.24) is 14.9 Å². The fourth-order valence-corrected chi connectivity index (χ4v) is 4.06. The van der Waals surface area contributed by atoms with Gasteiger partial charge >= 0.3 is 0 Å². The van der Waals surface area contributed by atoms with Gasteiger partial charge in [-0.15, -0.1) is 29.1 Å². The lowest BCUT2D eigenvalue weighted by Crippen LogP contribution is -2.32. The van der Waals surface area contributed by atoms with E-state index in [0.29, 0.717) is 10.2 Å². The van der Waals surface area contributed by atoms with Crippen molar-refractivity contribution < 1.29 is 4.79 Å². The molecule has 0 radical (unpaired) electrons. The molecule has 0 aromatic carbocycles. The fourth-order valence-electron chi connectivity index (χ4n) is 2.20. The molecule has 0 atom stereocenters. The fraction of sp³-hybridized carbons (Fsp3) is 0.188. The number of aromatic nitrogens is 2. The van der Waals surface area contributed by atoms with Crippen LogP contribution in [0.1, 0.15) is 4.88 Å². The third kappa shape index (κ3) is 3.04. The first-order valence-corrected chi connectivity index (χ1v) is 8.53. The van der Waals surface area contributed by atoms with Gasteiger partial charge in [0.1, 0.15) is 11.4 Å². The zero-order valence-electron chi connectivity index (χ0n) is 12.3. The number of carbonyl (C=O) groups excluding carboxylic acids is 1. The number of hydrogen-bond acceptors (Lipinski definition) is 5. The van der Waals surface area contributed by atoms with Gasteiger partial charge < -0.3 is 5.32 Å². The normalized spacial score (nSPS) is 10.6. The first-order chi connectivity index (χ1) is 11.1. The number of nitrogens with zero attached hydrogens (tertiary/aromatic N) is 2. The molecular weight excluding hydrogens is 330 g/mol. The number of aryl methyl sites for hydroxylation is 1. The number of fused-ring (bicyclic) bond motifs is 1. The average molecular weight is 343 g/mol. The quantitative estimate of drug-likeness (QED) is 0.739. The molecule has 0 aliphatic carbocycles. The van der Waals surface area contributed by atoms with E-state index in [4.69, 9.17) is 6.42 Å². The van der Waals surface area contributed by atoms with E-state index in [2.05, 4.69) is 16.2 Å². The monoisotopic (exact) mass is 343 g/mol. The molecule has 0 unspecified atom stereocenters. The van der Waals surface area contributed by atoms with E-state index in [1.54, 1.807) is 11.3 Å². The van der Waals surface area contributed by atoms with E-state index in [0.717, 1.165) is 10.4 Å². The van der Waals surface area contributed by atoms with Crippen molar-refractivity contribution in [2.45, 2.75) is 13.5 Å². The molecule has 7 heteroatoms. The van der Waals surface area contributed by atoms with E-state index < -0.39 is 0 Å². The van der Waals surface area contributed by atoms with Crippen molar-refractivity contribution in [2.75, 3.05) is 6.54 Å². The Labute approximate surface area is 140 Å². The van der Waals surface area contributed by atoms with Crippen molar-refractivity contribution in [3.8, 4) is 22.8 Å². The molecule has 0 bridgehead atoms. The van der Waals surface area contributed by atoms with Gasteiger partial charge in [0.05, 0.1) is 18.3 Å². The minimum atomic E-state index is -0.310. The molecule has 3 aromatic rings. The summed E-state index contributed by atoms with van der Waals surface area (Å²) in [6.07, 6.45) is 6.51. The number of rotatable bonds is 4. The van der Waals surface area contributed by atoms with Gasteiger partial charge in [0.15, 0.2) is 0 Å². The zero-order chi connectivity index (χ0) is 16.4. The zero-order valence-corrected chi connectivity index (χ0v) is 14.0. The molecule has 0 saturated carbocycles. The van der Waals surface area contributed by atoms with E-state index in [-0.39, 0.29) is 24.6 Å². The molecule has 0 spiro atoms. The summed E-state index contributed by atoms with van der Waals surface area (Å²) in [6.45, 7) is 2.07. The van der Waals surface area contributed by atoms with Crippen LogP contribution in [0.4, 0.5) is 0 Å². The molecule has 1 N–H and O–H groups in total. The molecule has 0 aliphatic heterocycles. The predicted octanol–water partition coefficient (Wildman–Crippen LogP) is 2.24. The van der Waals surface area contributed by atoms with Crippen LogP contribution in [-0.4, -0.2) is 22.0 Å². The molecule has 1 amide bonds. The molecule has 23 heavy (non-hydrogen) atoms. The van der Waals surface area contributed by atoms with Crippen molar-refractivity contribution in [3.05, 3.63) is 39.1 Å². The SMILES string of the molecule is C#CCNC(=O)Cn1cnc2scc(-c3ccc(C)s3)c2c1=O. The van der Waals surface area contributed by atoms with E-state index in [9.17, 15) is 9.59 Å². The number of terminal acetylenes is 1. The van der Waals surface area contributed by atoms with E-state index >= 15 is 0 Å². The van der Waals surface area contributed by atoms with Crippen LogP contribution in [0.15, 0.2) is 28.6 Å². The minimum Gasteiger partial charge on any atom is -0.344 e. The molecule has 0 fully saturated rings. The van der Waals surface area contributed by atoms with Crippen LogP contribution in [-0.2, 0) is 11.3 Å². The Bertz CT molecular complexity index is 975. The molecular formula is C16H13N3O2S2. The van der Waals surface area contributed by atoms with Gasteiger partial charge in [-0.1, -0.05) is 5.92 Å². The smallest absolute Gasteiger partial charge is 0.263 e. The van der Waals surface area contributed by atoms with Crippen LogP contribution in [0.3, 0.4) is 0 Å². The summed E-state index contributed by atoms with van der Waals surface area (Å²) in [7, 11) is 0. The van der Waals surface area contributed by atoms with E-state index in [1.807, 2.05) is 24.4 Å². The highest BCUT2D eigenvalue weighted by Gasteiger charge is 2.15. The minimum absolute atomic E-state index is 0.0950. The Kier molecular flexibility index (Phi) is 4.28. The van der Waals surface area contributed by atoms with Gasteiger partial charge in [0, 0.05) is 20.7 Å². The molecule has 3 rings (SSSR count). The third-order valence-electron chi connectivity index (χ3n) is 3.27. The first-order valence-electron chi connectivity index (χ1n) is 6.83. The number of thiophene rings is 2. The molecule has 116 valence electrons. The highest BCUT2D eigenvalue weighted by molar-refractivity contribution is 7.19. The van der Waals surface area contributed by atoms with Gasteiger partial charge in [-0.05, 0) is 19.1 Å². The highest BCUT2D eigenvalue weighted by Crippen LogP contribution is 2.34. The summed E-state index contributed by atoms with van der Waals surface area (Å²) in [5.74, 6) is 2.02.